The molecule has 0 radical (unpaired) electrons. The molecule has 9 heteroatoms. The highest BCUT2D eigenvalue weighted by molar-refractivity contribution is 5.87. The summed E-state index contributed by atoms with van der Waals surface area (Å²) in [7, 11) is 3.01. The van der Waals surface area contributed by atoms with Crippen molar-refractivity contribution in [2.24, 2.45) is 17.3 Å². The molecular formula is C28H38N4O5. The van der Waals surface area contributed by atoms with Crippen LogP contribution in [0.5, 0.6) is 11.8 Å². The van der Waals surface area contributed by atoms with Crippen molar-refractivity contribution in [1.29, 1.82) is 0 Å². The van der Waals surface area contributed by atoms with Gasteiger partial charge >= 0.3 is 5.97 Å². The molecule has 1 saturated carbocycles. The number of methoxy groups -OCH3 is 2. The number of ether oxygens (including phenoxy) is 2. The van der Waals surface area contributed by atoms with E-state index < -0.39 is 24.1 Å². The molecule has 1 aromatic heterocycles. The van der Waals surface area contributed by atoms with Gasteiger partial charge in [-0.2, -0.15) is 9.97 Å². The van der Waals surface area contributed by atoms with Crippen LogP contribution in [0.25, 0.3) is 0 Å². The first-order valence-electron chi connectivity index (χ1n) is 13.0. The van der Waals surface area contributed by atoms with Gasteiger partial charge < -0.3 is 24.8 Å². The molecule has 4 unspecified atom stereocenters. The minimum atomic E-state index is -1.01. The summed E-state index contributed by atoms with van der Waals surface area (Å²) in [4.78, 5) is 37.0. The number of carboxylic acids is 1. The number of rotatable bonds is 7. The lowest BCUT2D eigenvalue weighted by Crippen LogP contribution is -2.47. The molecule has 37 heavy (non-hydrogen) atoms. The molecule has 1 saturated heterocycles. The van der Waals surface area contributed by atoms with Gasteiger partial charge in [0.25, 0.3) is 0 Å². The first kappa shape index (κ1) is 26.7. The van der Waals surface area contributed by atoms with Crippen LogP contribution in [0.1, 0.15) is 64.5 Å². The fourth-order valence-corrected chi connectivity index (χ4v) is 5.82. The number of amides is 1. The standard InChI is InChI=1S/C28H38N4O5/c1-28(2,3)19-13-9-12-18(14-19)25(33)32-21(26(34)35)15-20(24(32)17-10-7-6-8-11-17)29-27-30-22(36-4)16-23(31-27)37-5/h6-8,10-11,16,18-21,24H,9,12-15H2,1-5H3,(H,34,35)(H,29,30,31)/t18?,19-,20?,21?,24?/m1/s1. The molecule has 9 nitrogen and oxygen atoms in total. The molecule has 2 aliphatic rings. The highest BCUT2D eigenvalue weighted by Gasteiger charge is 2.50. The van der Waals surface area contributed by atoms with E-state index in [1.54, 1.807) is 11.0 Å². The van der Waals surface area contributed by atoms with Crippen LogP contribution >= 0.6 is 0 Å². The van der Waals surface area contributed by atoms with E-state index in [0.717, 1.165) is 31.2 Å². The van der Waals surface area contributed by atoms with E-state index in [1.165, 1.54) is 14.2 Å². The van der Waals surface area contributed by atoms with Crippen molar-refractivity contribution in [2.45, 2.75) is 71.0 Å². The lowest BCUT2D eigenvalue weighted by atomic mass is 9.69. The van der Waals surface area contributed by atoms with Crippen LogP contribution in [0.15, 0.2) is 36.4 Å². The van der Waals surface area contributed by atoms with Crippen LogP contribution in [0.4, 0.5) is 5.95 Å². The Balaban J connectivity index is 1.70. The third-order valence-electron chi connectivity index (χ3n) is 7.83. The second kappa shape index (κ2) is 10.9. The van der Waals surface area contributed by atoms with Gasteiger partial charge in [0.05, 0.1) is 32.4 Å². The quantitative estimate of drug-likeness (QED) is 0.558. The van der Waals surface area contributed by atoms with Crippen LogP contribution in [0.3, 0.4) is 0 Å². The van der Waals surface area contributed by atoms with Crippen molar-refractivity contribution in [1.82, 2.24) is 14.9 Å². The fraction of sp³-hybridized carbons (Fsp3) is 0.571. The second-order valence-corrected chi connectivity index (χ2v) is 11.1. The Morgan fingerprint density at radius 1 is 1.03 bits per heavy atom. The van der Waals surface area contributed by atoms with Gasteiger partial charge in [-0.3, -0.25) is 4.79 Å². The second-order valence-electron chi connectivity index (χ2n) is 11.1. The van der Waals surface area contributed by atoms with Crippen LogP contribution in [0.2, 0.25) is 0 Å². The highest BCUT2D eigenvalue weighted by atomic mass is 16.5. The maximum Gasteiger partial charge on any atom is 0.326 e. The van der Waals surface area contributed by atoms with E-state index in [-0.39, 0.29) is 29.6 Å². The number of carboxylic acid groups (broad SMARTS) is 1. The van der Waals surface area contributed by atoms with Crippen LogP contribution in [0, 0.1) is 17.3 Å². The number of aliphatic carboxylic acids is 1. The summed E-state index contributed by atoms with van der Waals surface area (Å²) in [5, 5.41) is 13.5. The number of nitrogens with zero attached hydrogens (tertiary/aromatic N) is 3. The van der Waals surface area contributed by atoms with Crippen molar-refractivity contribution in [3.8, 4) is 11.8 Å². The monoisotopic (exact) mass is 510 g/mol. The summed E-state index contributed by atoms with van der Waals surface area (Å²) < 4.78 is 10.6. The number of carbonyl (C=O) groups is 2. The zero-order valence-corrected chi connectivity index (χ0v) is 22.3. The zero-order valence-electron chi connectivity index (χ0n) is 22.3. The van der Waals surface area contributed by atoms with Gasteiger partial charge in [0.15, 0.2) is 0 Å². The van der Waals surface area contributed by atoms with Gasteiger partial charge in [0.2, 0.25) is 23.6 Å². The average Bonchev–Trinajstić information content (AvgIpc) is 3.27. The third-order valence-corrected chi connectivity index (χ3v) is 7.83. The number of aromatic nitrogens is 2. The van der Waals surface area contributed by atoms with Crippen LogP contribution in [-0.4, -0.2) is 58.2 Å². The highest BCUT2D eigenvalue weighted by Crippen LogP contribution is 2.44. The molecule has 2 N–H and O–H groups in total. The van der Waals surface area contributed by atoms with Crippen molar-refractivity contribution >= 4 is 17.8 Å². The summed E-state index contributed by atoms with van der Waals surface area (Å²) in [6.07, 6.45) is 3.85. The predicted molar refractivity (Wildman–Crippen MR) is 140 cm³/mol. The molecule has 2 aromatic rings. The Hall–Kier alpha value is -3.36. The number of nitrogens with one attached hydrogen (secondary N) is 1. The molecule has 1 aromatic carbocycles. The van der Waals surface area contributed by atoms with E-state index in [0.29, 0.717) is 17.7 Å². The maximum atomic E-state index is 14.1. The van der Waals surface area contributed by atoms with E-state index in [2.05, 4.69) is 36.1 Å². The molecule has 4 rings (SSSR count). The molecule has 1 aliphatic carbocycles. The molecule has 0 bridgehead atoms. The third kappa shape index (κ3) is 5.81. The molecule has 1 aliphatic heterocycles. The number of hydrogen-bond donors (Lipinski definition) is 2. The number of carbonyl (C=O) groups excluding carboxylic acids is 1. The zero-order chi connectivity index (χ0) is 26.7. The summed E-state index contributed by atoms with van der Waals surface area (Å²) >= 11 is 0. The summed E-state index contributed by atoms with van der Waals surface area (Å²) in [5.74, 6) is 0.0323. The number of anilines is 1. The maximum absolute atomic E-state index is 14.1. The normalized spacial score (nSPS) is 26.0. The van der Waals surface area contributed by atoms with Crippen molar-refractivity contribution in [2.75, 3.05) is 19.5 Å². The lowest BCUT2D eigenvalue weighted by Gasteiger charge is -2.40. The Morgan fingerprint density at radius 2 is 1.68 bits per heavy atom. The van der Waals surface area contributed by atoms with Gasteiger partial charge in [0.1, 0.15) is 6.04 Å². The molecule has 0 spiro atoms. The predicted octanol–water partition coefficient (Wildman–Crippen LogP) is 4.55. The van der Waals surface area contributed by atoms with Crippen molar-refractivity contribution < 1.29 is 24.2 Å². The van der Waals surface area contributed by atoms with Crippen LogP contribution < -0.4 is 14.8 Å². The lowest BCUT2D eigenvalue weighted by molar-refractivity contribution is -0.152. The molecule has 1 amide bonds. The number of benzene rings is 1. The van der Waals surface area contributed by atoms with Gasteiger partial charge in [0, 0.05) is 12.3 Å². The summed E-state index contributed by atoms with van der Waals surface area (Å²) in [6, 6.07) is 9.29. The average molecular weight is 511 g/mol. The van der Waals surface area contributed by atoms with Crippen molar-refractivity contribution in [3.05, 3.63) is 42.0 Å². The molecular weight excluding hydrogens is 472 g/mol. The Morgan fingerprint density at radius 3 is 2.24 bits per heavy atom. The van der Waals surface area contributed by atoms with Crippen LogP contribution in [-0.2, 0) is 9.59 Å². The smallest absolute Gasteiger partial charge is 0.326 e. The Labute approximate surface area is 218 Å². The topological polar surface area (TPSA) is 114 Å². The van der Waals surface area contributed by atoms with E-state index >= 15 is 0 Å². The summed E-state index contributed by atoms with van der Waals surface area (Å²) in [5.41, 5.74) is 0.970. The Kier molecular flexibility index (Phi) is 7.90. The first-order valence-corrected chi connectivity index (χ1v) is 13.0. The molecule has 2 fully saturated rings. The van der Waals surface area contributed by atoms with Crippen molar-refractivity contribution in [3.63, 3.8) is 0 Å². The van der Waals surface area contributed by atoms with E-state index in [1.807, 2.05) is 30.3 Å². The van der Waals surface area contributed by atoms with E-state index in [4.69, 9.17) is 9.47 Å². The largest absolute Gasteiger partial charge is 0.481 e. The number of likely N-dealkylation sites (tertiary alicyclic amines) is 1. The molecule has 5 atom stereocenters. The first-order chi connectivity index (χ1) is 17.6. The van der Waals surface area contributed by atoms with Gasteiger partial charge in [-0.05, 0) is 36.2 Å². The SMILES string of the molecule is COc1cc(OC)nc(NC2CC(C(=O)O)N(C(=O)C3CCC[C@@H](C(C)(C)C)C3)C2c2ccccc2)n1. The minimum absolute atomic E-state index is 0.0800. The van der Waals surface area contributed by atoms with Gasteiger partial charge in [-0.15, -0.1) is 0 Å². The van der Waals surface area contributed by atoms with Gasteiger partial charge in [-0.1, -0.05) is 57.5 Å². The number of hydrogen-bond acceptors (Lipinski definition) is 7. The van der Waals surface area contributed by atoms with Gasteiger partial charge in [-0.25, -0.2) is 4.79 Å². The van der Waals surface area contributed by atoms with E-state index in [9.17, 15) is 14.7 Å². The Bertz CT molecular complexity index is 1080. The minimum Gasteiger partial charge on any atom is -0.481 e. The molecule has 200 valence electrons. The fourth-order valence-electron chi connectivity index (χ4n) is 5.82. The molecule has 2 heterocycles. The summed E-state index contributed by atoms with van der Waals surface area (Å²) in [6.45, 7) is 6.65.